The van der Waals surface area contributed by atoms with Crippen LogP contribution in [0.5, 0.6) is 0 Å². The number of nitrogens with one attached hydrogen (secondary N) is 1. The molecule has 0 radical (unpaired) electrons. The molecule has 4 fully saturated rings. The van der Waals surface area contributed by atoms with Gasteiger partial charge in [-0.2, -0.15) is 0 Å². The lowest BCUT2D eigenvalue weighted by molar-refractivity contribution is -0.135. The Kier molecular flexibility index (Phi) is 4.63. The summed E-state index contributed by atoms with van der Waals surface area (Å²) in [5.41, 5.74) is 2.04. The zero-order chi connectivity index (χ0) is 19.1. The Morgan fingerprint density at radius 2 is 2.04 bits per heavy atom. The van der Waals surface area contributed by atoms with Gasteiger partial charge in [0.25, 0.3) is 0 Å². The largest absolute Gasteiger partial charge is 0.361 e. The first kappa shape index (κ1) is 18.0. The van der Waals surface area contributed by atoms with Crippen LogP contribution in [-0.4, -0.2) is 76.5 Å². The number of urea groups is 1. The van der Waals surface area contributed by atoms with Gasteiger partial charge in [0.05, 0.1) is 5.69 Å². The lowest BCUT2D eigenvalue weighted by Crippen LogP contribution is -2.51. The molecule has 4 saturated heterocycles. The van der Waals surface area contributed by atoms with Crippen LogP contribution in [-0.2, 0) is 16.1 Å². The quantitative estimate of drug-likeness (QED) is 0.759. The van der Waals surface area contributed by atoms with E-state index in [9.17, 15) is 14.4 Å². The topological polar surface area (TPSA) is 99.0 Å². The number of hydrogen-bond donors (Lipinski definition) is 1. The van der Waals surface area contributed by atoms with Gasteiger partial charge in [-0.05, 0) is 32.6 Å². The van der Waals surface area contributed by atoms with Crippen LogP contribution in [0.4, 0.5) is 4.79 Å². The average Bonchev–Trinajstić information content (AvgIpc) is 2.96. The number of rotatable bonds is 4. The Morgan fingerprint density at radius 3 is 2.70 bits per heavy atom. The monoisotopic (exact) mass is 375 g/mol. The Balaban J connectivity index is 1.43. The molecule has 27 heavy (non-hydrogen) atoms. The number of piperidine rings is 1. The summed E-state index contributed by atoms with van der Waals surface area (Å²) in [6, 6.07) is -0.341. The maximum Gasteiger partial charge on any atom is 0.325 e. The minimum absolute atomic E-state index is 0.0370. The van der Waals surface area contributed by atoms with Crippen LogP contribution in [0.1, 0.15) is 29.9 Å². The Morgan fingerprint density at radius 1 is 1.22 bits per heavy atom. The highest BCUT2D eigenvalue weighted by Crippen LogP contribution is 2.29. The number of nitrogens with zero attached hydrogens (tertiary/aromatic N) is 4. The fourth-order valence-corrected chi connectivity index (χ4v) is 4.43. The van der Waals surface area contributed by atoms with Crippen molar-refractivity contribution in [3.63, 3.8) is 0 Å². The Labute approximate surface area is 157 Å². The predicted octanol–water partition coefficient (Wildman–Crippen LogP) is 0.266. The summed E-state index contributed by atoms with van der Waals surface area (Å²) in [6.45, 7) is 7.04. The summed E-state index contributed by atoms with van der Waals surface area (Å²) in [6.07, 6.45) is 2.08. The molecule has 146 valence electrons. The number of carbonyl (C=O) groups is 3. The molecule has 2 unspecified atom stereocenters. The van der Waals surface area contributed by atoms with E-state index in [1.807, 2.05) is 18.7 Å². The predicted molar refractivity (Wildman–Crippen MR) is 94.6 cm³/mol. The van der Waals surface area contributed by atoms with Crippen LogP contribution in [0.3, 0.4) is 0 Å². The van der Waals surface area contributed by atoms with E-state index in [0.29, 0.717) is 12.5 Å². The van der Waals surface area contributed by atoms with Crippen molar-refractivity contribution in [1.29, 1.82) is 0 Å². The Hall–Kier alpha value is -2.42. The lowest BCUT2D eigenvalue weighted by atomic mass is 9.95. The third-order valence-electron chi connectivity index (χ3n) is 5.87. The molecule has 9 heteroatoms. The first-order chi connectivity index (χ1) is 12.9. The molecule has 9 nitrogen and oxygen atoms in total. The van der Waals surface area contributed by atoms with Gasteiger partial charge in [-0.1, -0.05) is 5.16 Å². The summed E-state index contributed by atoms with van der Waals surface area (Å²) in [4.78, 5) is 41.5. The normalized spacial score (nSPS) is 25.9. The van der Waals surface area contributed by atoms with Crippen LogP contribution in [0.25, 0.3) is 0 Å². The van der Waals surface area contributed by atoms with E-state index in [0.717, 1.165) is 49.5 Å². The summed E-state index contributed by atoms with van der Waals surface area (Å²) in [5.74, 6) is 0.841. The second-order valence-electron chi connectivity index (χ2n) is 7.85. The van der Waals surface area contributed by atoms with Gasteiger partial charge in [-0.15, -0.1) is 0 Å². The maximum atomic E-state index is 12.8. The second-order valence-corrected chi connectivity index (χ2v) is 7.85. The van der Waals surface area contributed by atoms with Gasteiger partial charge in [-0.3, -0.25) is 19.8 Å². The van der Waals surface area contributed by atoms with Crippen LogP contribution >= 0.6 is 0 Å². The van der Waals surface area contributed by atoms with Crippen LogP contribution < -0.4 is 5.32 Å². The van der Waals surface area contributed by atoms with Gasteiger partial charge < -0.3 is 14.3 Å². The molecule has 0 aromatic carbocycles. The molecule has 2 bridgehead atoms. The van der Waals surface area contributed by atoms with Gasteiger partial charge in [0.15, 0.2) is 0 Å². The van der Waals surface area contributed by atoms with E-state index in [-0.39, 0.29) is 30.9 Å². The molecule has 0 saturated carbocycles. The number of aryl methyl sites for hydroxylation is 2. The van der Waals surface area contributed by atoms with Crippen molar-refractivity contribution in [2.75, 3.05) is 32.7 Å². The number of carbonyl (C=O) groups excluding carboxylic acids is 3. The van der Waals surface area contributed by atoms with E-state index in [1.165, 1.54) is 4.90 Å². The smallest absolute Gasteiger partial charge is 0.325 e. The first-order valence-electron chi connectivity index (χ1n) is 9.43. The maximum absolute atomic E-state index is 12.8. The molecule has 2 atom stereocenters. The molecule has 4 aliphatic heterocycles. The van der Waals surface area contributed by atoms with E-state index < -0.39 is 6.03 Å². The number of aromatic nitrogens is 1. The van der Waals surface area contributed by atoms with E-state index in [4.69, 9.17) is 4.52 Å². The lowest BCUT2D eigenvalue weighted by Gasteiger charge is -2.37. The molecule has 1 N–H and O–H groups in total. The fraction of sp³-hybridized carbons (Fsp3) is 0.667. The second kappa shape index (κ2) is 6.95. The SMILES string of the molecule is Cc1noc(C)c1CN1CC2CCC(C1)N(C(=O)CN1CC(=O)NC1=O)C2. The molecule has 1 aromatic rings. The molecule has 4 aliphatic rings. The number of amides is 4. The zero-order valence-corrected chi connectivity index (χ0v) is 15.7. The van der Waals surface area contributed by atoms with E-state index in [1.54, 1.807) is 0 Å². The number of hydrogen-bond acceptors (Lipinski definition) is 6. The van der Waals surface area contributed by atoms with Crippen molar-refractivity contribution in [2.45, 2.75) is 39.3 Å². The summed E-state index contributed by atoms with van der Waals surface area (Å²) >= 11 is 0. The molecular weight excluding hydrogens is 350 g/mol. The van der Waals surface area contributed by atoms with Crippen molar-refractivity contribution in [3.05, 3.63) is 17.0 Å². The highest BCUT2D eigenvalue weighted by Gasteiger charge is 2.39. The molecule has 1 aromatic heterocycles. The minimum atomic E-state index is -0.478. The molecule has 4 amide bonds. The highest BCUT2D eigenvalue weighted by atomic mass is 16.5. The van der Waals surface area contributed by atoms with Crippen LogP contribution in [0, 0.1) is 19.8 Å². The van der Waals surface area contributed by atoms with Gasteiger partial charge in [-0.25, -0.2) is 4.79 Å². The summed E-state index contributed by atoms with van der Waals surface area (Å²) < 4.78 is 5.28. The van der Waals surface area contributed by atoms with Gasteiger partial charge >= 0.3 is 6.03 Å². The van der Waals surface area contributed by atoms with E-state index >= 15 is 0 Å². The van der Waals surface area contributed by atoms with Crippen molar-refractivity contribution in [3.8, 4) is 0 Å². The summed E-state index contributed by atoms with van der Waals surface area (Å²) in [5, 5.41) is 6.25. The van der Waals surface area contributed by atoms with Gasteiger partial charge in [0.1, 0.15) is 18.8 Å². The number of fused-ring (bicyclic) bond motifs is 4. The third-order valence-corrected chi connectivity index (χ3v) is 5.87. The fourth-order valence-electron chi connectivity index (χ4n) is 4.43. The Bertz CT molecular complexity index is 756. The highest BCUT2D eigenvalue weighted by molar-refractivity contribution is 6.03. The van der Waals surface area contributed by atoms with Gasteiger partial charge in [0, 0.05) is 37.8 Å². The van der Waals surface area contributed by atoms with Crippen LogP contribution in [0.15, 0.2) is 4.52 Å². The van der Waals surface area contributed by atoms with Crippen LogP contribution in [0.2, 0.25) is 0 Å². The summed E-state index contributed by atoms with van der Waals surface area (Å²) in [7, 11) is 0. The molecule has 0 spiro atoms. The standard InChI is InChI=1S/C18H25N5O4/c1-11-15(12(2)27-20-11)8-21-5-13-3-4-14(7-21)23(6-13)17(25)10-22-9-16(24)19-18(22)26/h13-14H,3-10H2,1-2H3,(H,19,24,26). The molecule has 0 aliphatic carbocycles. The van der Waals surface area contributed by atoms with Crippen molar-refractivity contribution in [2.24, 2.45) is 5.92 Å². The van der Waals surface area contributed by atoms with Crippen molar-refractivity contribution < 1.29 is 18.9 Å². The van der Waals surface area contributed by atoms with Gasteiger partial charge in [0.2, 0.25) is 11.8 Å². The van der Waals surface area contributed by atoms with E-state index in [2.05, 4.69) is 15.4 Å². The molecule has 5 rings (SSSR count). The average molecular weight is 375 g/mol. The van der Waals surface area contributed by atoms with Crippen molar-refractivity contribution >= 4 is 17.8 Å². The number of imide groups is 1. The molecule has 5 heterocycles. The zero-order valence-electron chi connectivity index (χ0n) is 15.7. The minimum Gasteiger partial charge on any atom is -0.361 e. The molecular formula is C18H25N5O4. The van der Waals surface area contributed by atoms with Crippen molar-refractivity contribution in [1.82, 2.24) is 25.2 Å². The first-order valence-corrected chi connectivity index (χ1v) is 9.43. The third kappa shape index (κ3) is 3.55.